The highest BCUT2D eigenvalue weighted by atomic mass is 16.3. The highest BCUT2D eigenvalue weighted by Crippen LogP contribution is 2.53. The number of rotatable bonds is 3. The molecule has 1 aromatic rings. The normalized spacial score (nSPS) is 34.1. The van der Waals surface area contributed by atoms with Gasteiger partial charge in [0, 0.05) is 37.3 Å². The van der Waals surface area contributed by atoms with E-state index in [2.05, 4.69) is 22.2 Å². The summed E-state index contributed by atoms with van der Waals surface area (Å²) in [5.74, 6) is -0.196. The molecular weight excluding hydrogens is 332 g/mol. The third-order valence-electron chi connectivity index (χ3n) is 6.32. The number of fused-ring (bicyclic) bond motifs is 1. The maximum absolute atomic E-state index is 13.2. The van der Waals surface area contributed by atoms with Gasteiger partial charge in [0.15, 0.2) is 0 Å². The molecule has 1 saturated carbocycles. The first-order valence-corrected chi connectivity index (χ1v) is 9.33. The van der Waals surface area contributed by atoms with Crippen LogP contribution >= 0.6 is 0 Å². The Morgan fingerprint density at radius 1 is 1.31 bits per heavy atom. The van der Waals surface area contributed by atoms with Crippen molar-refractivity contribution in [1.29, 1.82) is 0 Å². The predicted molar refractivity (Wildman–Crippen MR) is 96.3 cm³/mol. The number of carbonyl (C=O) groups is 2. The number of aliphatic hydroxyl groups is 1. The third kappa shape index (κ3) is 3.20. The average molecular weight is 360 g/mol. The molecule has 2 fully saturated rings. The zero-order valence-corrected chi connectivity index (χ0v) is 15.7. The molecule has 1 aliphatic carbocycles. The van der Waals surface area contributed by atoms with E-state index in [0.29, 0.717) is 13.0 Å². The van der Waals surface area contributed by atoms with E-state index in [1.807, 2.05) is 11.8 Å². The van der Waals surface area contributed by atoms with E-state index in [-0.39, 0.29) is 29.7 Å². The van der Waals surface area contributed by atoms with Gasteiger partial charge in [-0.15, -0.1) is 0 Å². The molecule has 0 aromatic carbocycles. The van der Waals surface area contributed by atoms with Crippen LogP contribution in [0.5, 0.6) is 0 Å². The minimum absolute atomic E-state index is 0.102. The molecule has 0 bridgehead atoms. The molecule has 2 aliphatic rings. The summed E-state index contributed by atoms with van der Waals surface area (Å²) in [5.41, 5.74) is -1.30. The van der Waals surface area contributed by atoms with Crippen LogP contribution in [0.1, 0.15) is 63.5 Å². The molecule has 0 unspecified atom stereocenters. The second kappa shape index (κ2) is 6.95. The first-order valence-electron chi connectivity index (χ1n) is 9.33. The van der Waals surface area contributed by atoms with Crippen LogP contribution in [0.25, 0.3) is 0 Å². The highest BCUT2D eigenvalue weighted by molar-refractivity contribution is 5.91. The molecule has 2 heterocycles. The molecule has 0 radical (unpaired) electrons. The van der Waals surface area contributed by atoms with Crippen LogP contribution in [0, 0.1) is 5.41 Å². The Labute approximate surface area is 154 Å². The van der Waals surface area contributed by atoms with Crippen molar-refractivity contribution < 1.29 is 14.7 Å². The summed E-state index contributed by atoms with van der Waals surface area (Å²) in [6.07, 6.45) is 7.22. The molecule has 7 heteroatoms. The Kier molecular flexibility index (Phi) is 5.01. The van der Waals surface area contributed by atoms with Gasteiger partial charge in [0.05, 0.1) is 11.6 Å². The van der Waals surface area contributed by atoms with Gasteiger partial charge in [-0.2, -0.15) is 0 Å². The summed E-state index contributed by atoms with van der Waals surface area (Å²) in [5, 5.41) is 14.0. The van der Waals surface area contributed by atoms with Crippen LogP contribution in [0.3, 0.4) is 0 Å². The second-order valence-electron chi connectivity index (χ2n) is 8.03. The number of aromatic nitrogens is 2. The smallest absolute Gasteiger partial charge is 0.292 e. The first-order chi connectivity index (χ1) is 12.3. The molecule has 142 valence electrons. The van der Waals surface area contributed by atoms with E-state index in [1.54, 1.807) is 18.5 Å². The highest BCUT2D eigenvalue weighted by Gasteiger charge is 2.59. The third-order valence-corrected chi connectivity index (χ3v) is 6.32. The maximum Gasteiger partial charge on any atom is 0.292 e. The van der Waals surface area contributed by atoms with Crippen LogP contribution in [0.15, 0.2) is 18.5 Å². The van der Waals surface area contributed by atoms with Gasteiger partial charge in [-0.05, 0) is 32.3 Å². The minimum atomic E-state index is -0.866. The number of hydrogen-bond acceptors (Lipinski definition) is 5. The van der Waals surface area contributed by atoms with Crippen molar-refractivity contribution >= 4 is 11.8 Å². The zero-order valence-electron chi connectivity index (χ0n) is 15.7. The first kappa shape index (κ1) is 18.8. The van der Waals surface area contributed by atoms with Gasteiger partial charge in [-0.1, -0.05) is 19.8 Å². The number of carbonyl (C=O) groups excluding carboxylic acids is 2. The van der Waals surface area contributed by atoms with Crippen molar-refractivity contribution in [2.75, 3.05) is 6.54 Å². The molecule has 3 rings (SSSR count). The molecule has 26 heavy (non-hydrogen) atoms. The van der Waals surface area contributed by atoms with Gasteiger partial charge in [0.25, 0.3) is 5.91 Å². The van der Waals surface area contributed by atoms with Crippen LogP contribution in [-0.4, -0.2) is 56.0 Å². The van der Waals surface area contributed by atoms with Gasteiger partial charge in [0.1, 0.15) is 0 Å². The van der Waals surface area contributed by atoms with Crippen LogP contribution in [-0.2, 0) is 4.79 Å². The number of nitrogens with zero attached hydrogens (tertiary/aromatic N) is 3. The molecule has 2 N–H and O–H groups in total. The molecule has 7 nitrogen and oxygen atoms in total. The summed E-state index contributed by atoms with van der Waals surface area (Å²) < 4.78 is 0. The van der Waals surface area contributed by atoms with Crippen molar-refractivity contribution in [2.45, 2.75) is 70.6 Å². The quantitative estimate of drug-likeness (QED) is 0.852. The molecule has 1 aliphatic heterocycles. The monoisotopic (exact) mass is 360 g/mol. The van der Waals surface area contributed by atoms with E-state index in [1.165, 1.54) is 6.92 Å². The number of likely N-dealkylation sites (tertiary alicyclic amines) is 1. The fourth-order valence-electron chi connectivity index (χ4n) is 4.68. The van der Waals surface area contributed by atoms with Crippen molar-refractivity contribution in [2.24, 2.45) is 5.41 Å². The fraction of sp³-hybridized carbons (Fsp3) is 0.684. The second-order valence-corrected chi connectivity index (χ2v) is 8.03. The zero-order chi connectivity index (χ0) is 18.9. The van der Waals surface area contributed by atoms with E-state index >= 15 is 0 Å². The van der Waals surface area contributed by atoms with Gasteiger partial charge >= 0.3 is 0 Å². The summed E-state index contributed by atoms with van der Waals surface area (Å²) in [7, 11) is 0. The Morgan fingerprint density at radius 2 is 2.00 bits per heavy atom. The van der Waals surface area contributed by atoms with Gasteiger partial charge in [-0.3, -0.25) is 9.59 Å². The Morgan fingerprint density at radius 3 is 2.65 bits per heavy atom. The molecule has 0 spiro atoms. The van der Waals surface area contributed by atoms with Crippen molar-refractivity contribution in [3.63, 3.8) is 0 Å². The van der Waals surface area contributed by atoms with Crippen molar-refractivity contribution in [3.8, 4) is 0 Å². The summed E-state index contributed by atoms with van der Waals surface area (Å²) in [4.78, 5) is 34.7. The molecule has 4 atom stereocenters. The Hall–Kier alpha value is -2.02. The van der Waals surface area contributed by atoms with E-state index in [9.17, 15) is 14.7 Å². The standard InChI is InChI=1S/C19H28N4O3/c1-13(24)22-12-14-11-18(2)15(7-4-5-8-19(18,3)26)23(14)17(25)16-20-9-6-10-21-16/h6,9-10,14-15,26H,4-5,7-8,11-12H2,1-3H3,(H,22,24)/t14-,15-,18-,19+/m1/s1. The van der Waals surface area contributed by atoms with Crippen LogP contribution in [0.2, 0.25) is 0 Å². The van der Waals surface area contributed by atoms with Gasteiger partial charge in [0.2, 0.25) is 11.7 Å². The lowest BCUT2D eigenvalue weighted by molar-refractivity contribution is -0.119. The summed E-state index contributed by atoms with van der Waals surface area (Å²) >= 11 is 0. The molecule has 2 amide bonds. The van der Waals surface area contributed by atoms with Crippen molar-refractivity contribution in [1.82, 2.24) is 20.2 Å². The molecule has 1 aromatic heterocycles. The predicted octanol–water partition coefficient (Wildman–Crippen LogP) is 1.53. The summed E-state index contributed by atoms with van der Waals surface area (Å²) in [6.45, 7) is 5.80. The van der Waals surface area contributed by atoms with E-state index < -0.39 is 11.0 Å². The summed E-state index contributed by atoms with van der Waals surface area (Å²) in [6, 6.07) is 1.39. The maximum atomic E-state index is 13.2. The van der Waals surface area contributed by atoms with Gasteiger partial charge < -0.3 is 15.3 Å². The lowest BCUT2D eigenvalue weighted by atomic mass is 9.67. The largest absolute Gasteiger partial charge is 0.390 e. The SMILES string of the molecule is CC(=O)NC[C@H]1C[C@]2(C)[C@@H](CCCC[C@]2(C)O)N1C(=O)c1ncccn1. The number of hydrogen-bond donors (Lipinski definition) is 2. The molecular formula is C19H28N4O3. The molecule has 1 saturated heterocycles. The fourth-order valence-corrected chi connectivity index (χ4v) is 4.68. The average Bonchev–Trinajstić information content (AvgIpc) is 2.84. The van der Waals surface area contributed by atoms with Crippen molar-refractivity contribution in [3.05, 3.63) is 24.3 Å². The van der Waals surface area contributed by atoms with E-state index in [0.717, 1.165) is 25.7 Å². The Balaban J connectivity index is 1.98. The lowest BCUT2D eigenvalue weighted by Crippen LogP contribution is -2.52. The van der Waals surface area contributed by atoms with Crippen LogP contribution < -0.4 is 5.32 Å². The number of nitrogens with one attached hydrogen (secondary N) is 1. The van der Waals surface area contributed by atoms with E-state index in [4.69, 9.17) is 0 Å². The minimum Gasteiger partial charge on any atom is -0.390 e. The number of amides is 2. The lowest BCUT2D eigenvalue weighted by Gasteiger charge is -2.43. The van der Waals surface area contributed by atoms with Crippen LogP contribution in [0.4, 0.5) is 0 Å². The topological polar surface area (TPSA) is 95.4 Å². The Bertz CT molecular complexity index is 679. The van der Waals surface area contributed by atoms with Gasteiger partial charge in [-0.25, -0.2) is 9.97 Å².